The number of hydrogen-bond donors (Lipinski definition) is 1. The molecule has 0 heterocycles. The van der Waals surface area contributed by atoms with Crippen LogP contribution >= 0.6 is 11.6 Å². The molecule has 0 bridgehead atoms. The number of nitrogens with zero attached hydrogens (tertiary/aromatic N) is 2. The van der Waals surface area contributed by atoms with Crippen LogP contribution in [-0.2, 0) is 26.2 Å². The van der Waals surface area contributed by atoms with Crippen LogP contribution in [0.25, 0.3) is 0 Å². The third kappa shape index (κ3) is 9.20. The minimum atomic E-state index is -3.61. The summed E-state index contributed by atoms with van der Waals surface area (Å²) in [6.07, 6.45) is 1.89. The molecule has 0 aliphatic heterocycles. The van der Waals surface area contributed by atoms with E-state index < -0.39 is 21.6 Å². The molecule has 210 valence electrons. The number of nitrogens with one attached hydrogen (secondary N) is 1. The lowest BCUT2D eigenvalue weighted by Crippen LogP contribution is -2.53. The molecule has 0 saturated carbocycles. The van der Waals surface area contributed by atoms with E-state index in [0.717, 1.165) is 17.4 Å². The first-order valence-corrected chi connectivity index (χ1v) is 14.9. The molecule has 2 amide bonds. The molecule has 2 aromatic rings. The van der Waals surface area contributed by atoms with Crippen LogP contribution < -0.4 is 14.4 Å². The standard InChI is InChI=1S/C28H40ClN3O5S/c1-8-24(27(34)30-28(3,4)5)31(19-21-11-9-12-23(17-21)37-6)26(33)13-10-16-32(38(7,35)36)25-18-22(29)15-14-20(25)2/h9,11-12,14-15,17-18,24H,8,10,13,16,19H2,1-7H3,(H,30,34). The molecular weight excluding hydrogens is 526 g/mol. The summed E-state index contributed by atoms with van der Waals surface area (Å²) < 4.78 is 31.8. The summed E-state index contributed by atoms with van der Waals surface area (Å²) in [5.41, 5.74) is 1.61. The molecule has 2 aromatic carbocycles. The molecule has 1 atom stereocenters. The van der Waals surface area contributed by atoms with Gasteiger partial charge in [-0.15, -0.1) is 0 Å². The molecule has 0 spiro atoms. The van der Waals surface area contributed by atoms with E-state index in [1.807, 2.05) is 58.9 Å². The predicted molar refractivity (Wildman–Crippen MR) is 153 cm³/mol. The van der Waals surface area contributed by atoms with Crippen LogP contribution in [0.4, 0.5) is 5.69 Å². The number of carbonyl (C=O) groups is 2. The molecule has 2 rings (SSSR count). The summed E-state index contributed by atoms with van der Waals surface area (Å²) in [5, 5.41) is 3.41. The number of amides is 2. The number of ether oxygens (including phenoxy) is 1. The summed E-state index contributed by atoms with van der Waals surface area (Å²) in [6.45, 7) is 9.67. The van der Waals surface area contributed by atoms with Gasteiger partial charge in [0.25, 0.3) is 0 Å². The molecule has 1 N–H and O–H groups in total. The van der Waals surface area contributed by atoms with E-state index in [4.69, 9.17) is 16.3 Å². The summed E-state index contributed by atoms with van der Waals surface area (Å²) in [7, 11) is -2.04. The van der Waals surface area contributed by atoms with Gasteiger partial charge >= 0.3 is 0 Å². The number of carbonyl (C=O) groups excluding carboxylic acids is 2. The predicted octanol–water partition coefficient (Wildman–Crippen LogP) is 4.93. The molecule has 10 heteroatoms. The third-order valence-electron chi connectivity index (χ3n) is 5.96. The molecule has 8 nitrogen and oxygen atoms in total. The Bertz CT molecular complexity index is 1230. The first-order chi connectivity index (χ1) is 17.7. The highest BCUT2D eigenvalue weighted by Gasteiger charge is 2.31. The number of methoxy groups -OCH3 is 1. The van der Waals surface area contributed by atoms with Crippen molar-refractivity contribution in [3.63, 3.8) is 0 Å². The topological polar surface area (TPSA) is 96.0 Å². The van der Waals surface area contributed by atoms with Crippen molar-refractivity contribution >= 4 is 39.1 Å². The van der Waals surface area contributed by atoms with E-state index in [2.05, 4.69) is 5.32 Å². The first kappa shape index (κ1) is 31.4. The van der Waals surface area contributed by atoms with Crippen LogP contribution in [0.5, 0.6) is 5.75 Å². The number of anilines is 1. The van der Waals surface area contributed by atoms with Gasteiger partial charge in [0.15, 0.2) is 0 Å². The van der Waals surface area contributed by atoms with Crippen molar-refractivity contribution in [2.75, 3.05) is 24.2 Å². The smallest absolute Gasteiger partial charge is 0.243 e. The monoisotopic (exact) mass is 565 g/mol. The van der Waals surface area contributed by atoms with E-state index >= 15 is 0 Å². The van der Waals surface area contributed by atoms with Gasteiger partial charge in [-0.2, -0.15) is 0 Å². The zero-order valence-electron chi connectivity index (χ0n) is 23.4. The molecule has 0 aliphatic rings. The van der Waals surface area contributed by atoms with Gasteiger partial charge in [0.05, 0.1) is 19.1 Å². The lowest BCUT2D eigenvalue weighted by molar-refractivity contribution is -0.142. The minimum Gasteiger partial charge on any atom is -0.497 e. The van der Waals surface area contributed by atoms with Crippen molar-refractivity contribution in [2.24, 2.45) is 0 Å². The van der Waals surface area contributed by atoms with Crippen LogP contribution in [-0.4, -0.2) is 56.6 Å². The minimum absolute atomic E-state index is 0.0644. The molecule has 38 heavy (non-hydrogen) atoms. The maximum Gasteiger partial charge on any atom is 0.243 e. The summed E-state index contributed by atoms with van der Waals surface area (Å²) in [5.74, 6) is 0.186. The quantitative estimate of drug-likeness (QED) is 0.394. The summed E-state index contributed by atoms with van der Waals surface area (Å²) in [4.78, 5) is 28.3. The van der Waals surface area contributed by atoms with E-state index in [9.17, 15) is 18.0 Å². The van der Waals surface area contributed by atoms with E-state index in [0.29, 0.717) is 22.9 Å². The Hall–Kier alpha value is -2.78. The van der Waals surface area contributed by atoms with Crippen LogP contribution in [0.15, 0.2) is 42.5 Å². The second-order valence-corrected chi connectivity index (χ2v) is 12.7. The summed E-state index contributed by atoms with van der Waals surface area (Å²) >= 11 is 6.13. The normalized spacial score (nSPS) is 12.5. The Morgan fingerprint density at radius 2 is 1.82 bits per heavy atom. The number of rotatable bonds is 12. The van der Waals surface area contributed by atoms with Crippen molar-refractivity contribution in [1.29, 1.82) is 0 Å². The van der Waals surface area contributed by atoms with Gasteiger partial charge in [-0.05, 0) is 75.9 Å². The second-order valence-electron chi connectivity index (χ2n) is 10.4. The zero-order valence-corrected chi connectivity index (χ0v) is 24.9. The van der Waals surface area contributed by atoms with E-state index in [-0.39, 0.29) is 37.7 Å². The van der Waals surface area contributed by atoms with Gasteiger partial charge in [0, 0.05) is 30.1 Å². The molecule has 0 radical (unpaired) electrons. The summed E-state index contributed by atoms with van der Waals surface area (Å²) in [6, 6.07) is 11.8. The van der Waals surface area contributed by atoms with Gasteiger partial charge in [0.1, 0.15) is 11.8 Å². The SMILES string of the molecule is CCC(C(=O)NC(C)(C)C)N(Cc1cccc(OC)c1)C(=O)CCCN(c1cc(Cl)ccc1C)S(C)(=O)=O. The van der Waals surface area contributed by atoms with Gasteiger partial charge in [-0.25, -0.2) is 8.42 Å². The Morgan fingerprint density at radius 3 is 2.39 bits per heavy atom. The highest BCUT2D eigenvalue weighted by Crippen LogP contribution is 2.27. The third-order valence-corrected chi connectivity index (χ3v) is 7.38. The highest BCUT2D eigenvalue weighted by atomic mass is 35.5. The number of hydrogen-bond acceptors (Lipinski definition) is 5. The fraction of sp³-hybridized carbons (Fsp3) is 0.500. The van der Waals surface area contributed by atoms with Crippen LogP contribution in [0, 0.1) is 6.92 Å². The second kappa shape index (κ2) is 13.3. The van der Waals surface area contributed by atoms with Gasteiger partial charge in [-0.1, -0.05) is 36.7 Å². The highest BCUT2D eigenvalue weighted by molar-refractivity contribution is 7.92. The number of sulfonamides is 1. The molecule has 0 aromatic heterocycles. The molecule has 1 unspecified atom stereocenters. The average molecular weight is 566 g/mol. The number of halogens is 1. The van der Waals surface area contributed by atoms with Crippen molar-refractivity contribution in [1.82, 2.24) is 10.2 Å². The molecule has 0 fully saturated rings. The molecule has 0 saturated heterocycles. The van der Waals surface area contributed by atoms with Crippen LogP contribution in [0.3, 0.4) is 0 Å². The lowest BCUT2D eigenvalue weighted by atomic mass is 10.0. The van der Waals surface area contributed by atoms with Gasteiger partial charge < -0.3 is 15.0 Å². The van der Waals surface area contributed by atoms with Crippen molar-refractivity contribution in [3.05, 3.63) is 58.6 Å². The molecular formula is C28H40ClN3O5S. The van der Waals surface area contributed by atoms with E-state index in [1.165, 1.54) is 4.31 Å². The van der Waals surface area contributed by atoms with Crippen LogP contribution in [0.2, 0.25) is 5.02 Å². The largest absolute Gasteiger partial charge is 0.497 e. The fourth-order valence-corrected chi connectivity index (χ4v) is 5.35. The van der Waals surface area contributed by atoms with Crippen molar-refractivity contribution in [3.8, 4) is 5.75 Å². The average Bonchev–Trinajstić information content (AvgIpc) is 2.81. The Labute approximate surface area is 232 Å². The van der Waals surface area contributed by atoms with Crippen molar-refractivity contribution in [2.45, 2.75) is 72.0 Å². The zero-order chi connectivity index (χ0) is 28.7. The van der Waals surface area contributed by atoms with Gasteiger partial charge in [-0.3, -0.25) is 13.9 Å². The van der Waals surface area contributed by atoms with Gasteiger partial charge in [0.2, 0.25) is 21.8 Å². The van der Waals surface area contributed by atoms with E-state index in [1.54, 1.807) is 30.2 Å². The Kier molecular flexibility index (Phi) is 11.0. The lowest BCUT2D eigenvalue weighted by Gasteiger charge is -2.33. The fourth-order valence-electron chi connectivity index (χ4n) is 4.17. The first-order valence-electron chi connectivity index (χ1n) is 12.6. The Morgan fingerprint density at radius 1 is 1.13 bits per heavy atom. The number of benzene rings is 2. The molecule has 0 aliphatic carbocycles. The van der Waals surface area contributed by atoms with Crippen LogP contribution in [0.1, 0.15) is 58.1 Å². The Balaban J connectivity index is 2.29. The maximum absolute atomic E-state index is 13.6. The maximum atomic E-state index is 13.6. The van der Waals surface area contributed by atoms with Crippen molar-refractivity contribution < 1.29 is 22.7 Å². The number of aryl methyl sites for hydroxylation is 1.